The van der Waals surface area contributed by atoms with Gasteiger partial charge in [-0.1, -0.05) is 32.9 Å². The molecule has 35 heavy (non-hydrogen) atoms. The lowest BCUT2D eigenvalue weighted by atomic mass is 9.70. The topological polar surface area (TPSA) is 53.4 Å². The molecule has 0 aliphatic heterocycles. The molecule has 1 aliphatic rings. The smallest absolute Gasteiger partial charge is 0.465 e. The van der Waals surface area contributed by atoms with E-state index in [0.29, 0.717) is 23.4 Å². The van der Waals surface area contributed by atoms with Gasteiger partial charge in [0.2, 0.25) is 0 Å². The zero-order valence-electron chi connectivity index (χ0n) is 20.7. The summed E-state index contributed by atoms with van der Waals surface area (Å²) >= 11 is 0. The minimum absolute atomic E-state index is 0.174. The van der Waals surface area contributed by atoms with Gasteiger partial charge in [0.1, 0.15) is 11.6 Å². The maximum Gasteiger partial charge on any atom is 0.573 e. The van der Waals surface area contributed by atoms with Crippen LogP contribution in [0.5, 0.6) is 5.75 Å². The van der Waals surface area contributed by atoms with Crippen molar-refractivity contribution >= 4 is 17.0 Å². The van der Waals surface area contributed by atoms with Gasteiger partial charge in [0, 0.05) is 12.5 Å². The molecule has 2 aromatic carbocycles. The first-order chi connectivity index (χ1) is 16.3. The van der Waals surface area contributed by atoms with Crippen molar-refractivity contribution < 1.29 is 27.4 Å². The van der Waals surface area contributed by atoms with Gasteiger partial charge in [-0.25, -0.2) is 9.78 Å². The van der Waals surface area contributed by atoms with Gasteiger partial charge in [-0.2, -0.15) is 0 Å². The molecule has 1 saturated carbocycles. The van der Waals surface area contributed by atoms with E-state index in [0.717, 1.165) is 41.7 Å². The van der Waals surface area contributed by atoms with E-state index in [4.69, 9.17) is 9.72 Å². The largest absolute Gasteiger partial charge is 0.573 e. The van der Waals surface area contributed by atoms with Gasteiger partial charge in [-0.3, -0.25) is 0 Å². The second-order valence-electron chi connectivity index (χ2n) is 10.5. The number of ether oxygens (including phenoxy) is 2. The van der Waals surface area contributed by atoms with Crippen molar-refractivity contribution in [3.8, 4) is 5.75 Å². The number of aryl methyl sites for hydroxylation is 1. The highest BCUT2D eigenvalue weighted by atomic mass is 19.4. The zero-order chi connectivity index (χ0) is 25.5. The monoisotopic (exact) mass is 488 g/mol. The second kappa shape index (κ2) is 9.21. The van der Waals surface area contributed by atoms with E-state index in [2.05, 4.69) is 30.1 Å². The molecule has 0 spiro atoms. The van der Waals surface area contributed by atoms with Crippen LogP contribution < -0.4 is 4.74 Å². The highest BCUT2D eigenvalue weighted by Gasteiger charge is 2.35. The lowest BCUT2D eigenvalue weighted by molar-refractivity contribution is -0.274. The zero-order valence-corrected chi connectivity index (χ0v) is 20.7. The van der Waals surface area contributed by atoms with E-state index >= 15 is 0 Å². The van der Waals surface area contributed by atoms with Gasteiger partial charge < -0.3 is 14.0 Å². The van der Waals surface area contributed by atoms with Gasteiger partial charge in [0.25, 0.3) is 0 Å². The minimum Gasteiger partial charge on any atom is -0.465 e. The number of hydrogen-bond acceptors (Lipinski definition) is 4. The number of hydrogen-bond donors (Lipinski definition) is 0. The first-order valence-electron chi connectivity index (χ1n) is 11.8. The molecule has 188 valence electrons. The molecule has 1 heterocycles. The predicted molar refractivity (Wildman–Crippen MR) is 128 cm³/mol. The van der Waals surface area contributed by atoms with Crippen LogP contribution in [0, 0.1) is 18.3 Å². The number of rotatable bonds is 5. The number of imidazole rings is 1. The van der Waals surface area contributed by atoms with Gasteiger partial charge in [-0.15, -0.1) is 13.2 Å². The summed E-state index contributed by atoms with van der Waals surface area (Å²) in [5.41, 5.74) is 3.95. The maximum atomic E-state index is 12.5. The molecule has 5 nitrogen and oxygen atoms in total. The number of benzene rings is 2. The van der Waals surface area contributed by atoms with Gasteiger partial charge in [0.15, 0.2) is 0 Å². The standard InChI is InChI=1S/C27H31F3N2O3/c1-16-10-19(15-26(3,4)14-16)32-23-11-17(2)21(25(33)34-5)13-22(23)31-24(32)12-18-6-8-20(9-7-18)35-27(28,29)30/h6-9,11,13,16,19H,10,12,14-15H2,1-5H3/t16-,19+/m1/s1. The van der Waals surface area contributed by atoms with Crippen LogP contribution in [0.4, 0.5) is 13.2 Å². The molecule has 0 radical (unpaired) electrons. The van der Waals surface area contributed by atoms with Crippen molar-refractivity contribution in [2.24, 2.45) is 11.3 Å². The summed E-state index contributed by atoms with van der Waals surface area (Å²) in [5, 5.41) is 0. The molecular weight excluding hydrogens is 457 g/mol. The molecule has 0 unspecified atom stereocenters. The van der Waals surface area contributed by atoms with Gasteiger partial charge in [-0.05, 0) is 72.9 Å². The lowest BCUT2D eigenvalue weighted by Crippen LogP contribution is -2.30. The molecule has 1 aromatic heterocycles. The first-order valence-corrected chi connectivity index (χ1v) is 11.8. The lowest BCUT2D eigenvalue weighted by Gasteiger charge is -2.40. The number of halogens is 3. The van der Waals surface area contributed by atoms with E-state index < -0.39 is 12.3 Å². The number of carbonyl (C=O) groups is 1. The Morgan fingerprint density at radius 1 is 1.17 bits per heavy atom. The number of nitrogens with zero attached hydrogens (tertiary/aromatic N) is 2. The second-order valence-corrected chi connectivity index (χ2v) is 10.5. The third-order valence-electron chi connectivity index (χ3n) is 6.76. The van der Waals surface area contributed by atoms with Gasteiger partial charge >= 0.3 is 12.3 Å². The Morgan fingerprint density at radius 2 is 1.86 bits per heavy atom. The summed E-state index contributed by atoms with van der Waals surface area (Å²) in [6.45, 7) is 8.73. The van der Waals surface area contributed by atoms with E-state index in [1.54, 1.807) is 18.2 Å². The van der Waals surface area contributed by atoms with E-state index in [9.17, 15) is 18.0 Å². The van der Waals surface area contributed by atoms with Crippen molar-refractivity contribution in [1.82, 2.24) is 9.55 Å². The number of fused-ring (bicyclic) bond motifs is 1. The Labute approximate surface area is 203 Å². The first kappa shape index (κ1) is 25.1. The predicted octanol–water partition coefficient (Wildman–Crippen LogP) is 7.01. The van der Waals surface area contributed by atoms with Crippen LogP contribution in [0.1, 0.15) is 73.4 Å². The molecule has 2 atom stereocenters. The molecule has 0 N–H and O–H groups in total. The number of esters is 1. The number of alkyl halides is 3. The van der Waals surface area contributed by atoms with Crippen LogP contribution in [-0.4, -0.2) is 29.0 Å². The van der Waals surface area contributed by atoms with E-state index in [1.165, 1.54) is 19.2 Å². The Balaban J connectivity index is 1.77. The highest BCUT2D eigenvalue weighted by Crippen LogP contribution is 2.45. The van der Waals surface area contributed by atoms with Crippen LogP contribution in [0.3, 0.4) is 0 Å². The average molecular weight is 489 g/mol. The quantitative estimate of drug-likeness (QED) is 0.363. The van der Waals surface area contributed by atoms with Crippen LogP contribution in [0.25, 0.3) is 11.0 Å². The van der Waals surface area contributed by atoms with E-state index in [1.807, 2.05) is 13.0 Å². The number of carbonyl (C=O) groups excluding carboxylic acids is 1. The van der Waals surface area contributed by atoms with Crippen molar-refractivity contribution in [2.45, 2.75) is 65.8 Å². The Morgan fingerprint density at radius 3 is 2.46 bits per heavy atom. The fourth-order valence-electron chi connectivity index (χ4n) is 5.64. The summed E-state index contributed by atoms with van der Waals surface area (Å²) in [4.78, 5) is 17.2. The van der Waals surface area contributed by atoms with Crippen LogP contribution >= 0.6 is 0 Å². The summed E-state index contributed by atoms with van der Waals surface area (Å²) in [5.74, 6) is 0.702. The fraction of sp³-hybridized carbons (Fsp3) is 0.481. The minimum atomic E-state index is -4.73. The van der Waals surface area contributed by atoms with Crippen molar-refractivity contribution in [1.29, 1.82) is 0 Å². The number of methoxy groups -OCH3 is 1. The molecule has 8 heteroatoms. The molecule has 0 bridgehead atoms. The maximum absolute atomic E-state index is 12.5. The molecule has 4 rings (SSSR count). The third kappa shape index (κ3) is 5.63. The molecule has 1 aliphatic carbocycles. The molecule has 0 amide bonds. The average Bonchev–Trinajstić information content (AvgIpc) is 3.08. The van der Waals surface area contributed by atoms with Crippen molar-refractivity contribution in [3.05, 3.63) is 58.9 Å². The molecule has 3 aromatic rings. The fourth-order valence-corrected chi connectivity index (χ4v) is 5.64. The normalized spacial score (nSPS) is 20.1. The summed E-state index contributed by atoms with van der Waals surface area (Å²) in [6, 6.07) is 9.89. The van der Waals surface area contributed by atoms with Crippen LogP contribution in [0.2, 0.25) is 0 Å². The summed E-state index contributed by atoms with van der Waals surface area (Å²) < 4.78 is 48.8. The Kier molecular flexibility index (Phi) is 6.60. The Bertz CT molecular complexity index is 1230. The Hall–Kier alpha value is -3.03. The third-order valence-corrected chi connectivity index (χ3v) is 6.76. The SMILES string of the molecule is COC(=O)c1cc2nc(Cc3ccc(OC(F)(F)F)cc3)n([C@H]3C[C@@H](C)CC(C)(C)C3)c2cc1C. The molecular formula is C27H31F3N2O3. The molecule has 0 saturated heterocycles. The van der Waals surface area contributed by atoms with Crippen molar-refractivity contribution in [3.63, 3.8) is 0 Å². The highest BCUT2D eigenvalue weighted by molar-refractivity contribution is 5.95. The van der Waals surface area contributed by atoms with Crippen molar-refractivity contribution in [2.75, 3.05) is 7.11 Å². The van der Waals surface area contributed by atoms with E-state index in [-0.39, 0.29) is 17.2 Å². The summed E-state index contributed by atoms with van der Waals surface area (Å²) in [6.07, 6.45) is -1.13. The summed E-state index contributed by atoms with van der Waals surface area (Å²) in [7, 11) is 1.35. The number of aromatic nitrogens is 2. The molecule has 1 fully saturated rings. The van der Waals surface area contributed by atoms with Gasteiger partial charge in [0.05, 0.1) is 23.7 Å². The van der Waals surface area contributed by atoms with Crippen LogP contribution in [0.15, 0.2) is 36.4 Å². The van der Waals surface area contributed by atoms with Crippen LogP contribution in [-0.2, 0) is 11.2 Å².